The predicted molar refractivity (Wildman–Crippen MR) is 66.4 cm³/mol. The molecule has 0 bridgehead atoms. The van der Waals surface area contributed by atoms with Crippen molar-refractivity contribution in [1.82, 2.24) is 5.32 Å². The van der Waals surface area contributed by atoms with Crippen LogP contribution in [-0.2, 0) is 16.1 Å². The molecule has 0 spiro atoms. The quantitative estimate of drug-likeness (QED) is 0.611. The summed E-state index contributed by atoms with van der Waals surface area (Å²) in [6.07, 6.45) is 0. The summed E-state index contributed by atoms with van der Waals surface area (Å²) in [5.74, 6) is -0.258. The topological polar surface area (TPSA) is 38.3 Å². The molecule has 1 N–H and O–H groups in total. The average Bonchev–Trinajstić information content (AvgIpc) is 2.70. The van der Waals surface area contributed by atoms with Gasteiger partial charge in [0, 0.05) is 11.4 Å². The molecule has 0 fully saturated rings. The van der Waals surface area contributed by atoms with Crippen LogP contribution < -0.4 is 5.32 Å². The summed E-state index contributed by atoms with van der Waals surface area (Å²) in [4.78, 5) is 12.8. The average molecular weight is 239 g/mol. The van der Waals surface area contributed by atoms with Gasteiger partial charge in [-0.15, -0.1) is 11.3 Å². The number of carbonyl (C=O) groups excluding carboxylic acids is 1. The summed E-state index contributed by atoms with van der Waals surface area (Å²) in [5, 5.41) is 5.15. The molecule has 0 radical (unpaired) electrons. The lowest BCUT2D eigenvalue weighted by Crippen LogP contribution is -2.38. The van der Waals surface area contributed by atoms with Crippen LogP contribution in [0.15, 0.2) is 29.7 Å². The minimum absolute atomic E-state index is 0.258. The third-order valence-corrected chi connectivity index (χ3v) is 2.95. The molecule has 1 atom stereocenters. The van der Waals surface area contributed by atoms with E-state index in [1.165, 1.54) is 4.88 Å². The van der Waals surface area contributed by atoms with Crippen LogP contribution in [-0.4, -0.2) is 18.6 Å². The molecule has 1 heterocycles. The number of carbonyl (C=O) groups is 1. The first-order valence-corrected chi connectivity index (χ1v) is 6.11. The molecule has 1 aromatic heterocycles. The van der Waals surface area contributed by atoms with E-state index in [-0.39, 0.29) is 5.97 Å². The van der Waals surface area contributed by atoms with Gasteiger partial charge in [0.2, 0.25) is 0 Å². The molecule has 16 heavy (non-hydrogen) atoms. The van der Waals surface area contributed by atoms with Crippen molar-refractivity contribution in [1.29, 1.82) is 0 Å². The Morgan fingerprint density at radius 2 is 2.44 bits per heavy atom. The largest absolute Gasteiger partial charge is 0.465 e. The third kappa shape index (κ3) is 3.79. The van der Waals surface area contributed by atoms with Crippen molar-refractivity contribution in [3.8, 4) is 0 Å². The summed E-state index contributed by atoms with van der Waals surface area (Å²) < 4.78 is 4.98. The highest BCUT2D eigenvalue weighted by atomic mass is 32.1. The van der Waals surface area contributed by atoms with Crippen molar-refractivity contribution in [2.45, 2.75) is 26.4 Å². The highest BCUT2D eigenvalue weighted by Gasteiger charge is 2.19. The van der Waals surface area contributed by atoms with Crippen LogP contribution in [0.4, 0.5) is 0 Å². The third-order valence-electron chi connectivity index (χ3n) is 2.08. The highest BCUT2D eigenvalue weighted by Crippen LogP contribution is 2.09. The number of nitrogens with one attached hydrogen (secondary N) is 1. The number of rotatable bonds is 6. The monoisotopic (exact) mass is 239 g/mol. The molecule has 0 aliphatic carbocycles. The van der Waals surface area contributed by atoms with Crippen LogP contribution in [0, 0.1) is 0 Å². The Morgan fingerprint density at radius 3 is 2.94 bits per heavy atom. The van der Waals surface area contributed by atoms with Gasteiger partial charge in [0.25, 0.3) is 0 Å². The number of hydrogen-bond donors (Lipinski definition) is 1. The first-order valence-electron chi connectivity index (χ1n) is 5.23. The van der Waals surface area contributed by atoms with Crippen molar-refractivity contribution in [3.05, 3.63) is 34.5 Å². The Balaban J connectivity index is 2.51. The van der Waals surface area contributed by atoms with Gasteiger partial charge in [0.05, 0.1) is 6.61 Å². The molecule has 88 valence electrons. The predicted octanol–water partition coefficient (Wildman–Crippen LogP) is 2.35. The van der Waals surface area contributed by atoms with Gasteiger partial charge in [-0.25, -0.2) is 4.79 Å². The zero-order valence-corrected chi connectivity index (χ0v) is 10.5. The van der Waals surface area contributed by atoms with Crippen LogP contribution in [0.3, 0.4) is 0 Å². The second-order valence-electron chi connectivity index (χ2n) is 3.49. The maximum absolute atomic E-state index is 11.6. The molecule has 0 aromatic carbocycles. The molecule has 3 nitrogen and oxygen atoms in total. The molecule has 1 rings (SSSR count). The minimum Gasteiger partial charge on any atom is -0.465 e. The lowest BCUT2D eigenvalue weighted by molar-refractivity contribution is -0.144. The van der Waals surface area contributed by atoms with Gasteiger partial charge in [0.1, 0.15) is 6.04 Å². The molecule has 0 aliphatic rings. The van der Waals surface area contributed by atoms with Crippen LogP contribution in [0.5, 0.6) is 0 Å². The van der Waals surface area contributed by atoms with Crippen LogP contribution in [0.1, 0.15) is 18.7 Å². The van der Waals surface area contributed by atoms with E-state index in [9.17, 15) is 4.79 Å². The molecule has 0 saturated carbocycles. The molecule has 0 saturated heterocycles. The van der Waals surface area contributed by atoms with Gasteiger partial charge >= 0.3 is 5.97 Å². The second kappa shape index (κ2) is 6.45. The lowest BCUT2D eigenvalue weighted by Gasteiger charge is -2.16. The summed E-state index contributed by atoms with van der Waals surface area (Å²) >= 11 is 1.66. The van der Waals surface area contributed by atoms with Gasteiger partial charge < -0.3 is 4.74 Å². The minimum atomic E-state index is -0.415. The van der Waals surface area contributed by atoms with Crippen molar-refractivity contribution < 1.29 is 9.53 Å². The van der Waals surface area contributed by atoms with Crippen molar-refractivity contribution in [2.75, 3.05) is 6.61 Å². The molecule has 1 aromatic rings. The fraction of sp³-hybridized carbons (Fsp3) is 0.417. The lowest BCUT2D eigenvalue weighted by atomic mass is 10.1. The zero-order valence-electron chi connectivity index (χ0n) is 9.66. The van der Waals surface area contributed by atoms with E-state index in [1.54, 1.807) is 18.3 Å². The maximum Gasteiger partial charge on any atom is 0.327 e. The van der Waals surface area contributed by atoms with Gasteiger partial charge in [-0.1, -0.05) is 18.2 Å². The van der Waals surface area contributed by atoms with E-state index in [2.05, 4.69) is 11.9 Å². The number of ether oxygens (including phenoxy) is 1. The van der Waals surface area contributed by atoms with E-state index in [4.69, 9.17) is 4.74 Å². The van der Waals surface area contributed by atoms with E-state index in [0.29, 0.717) is 13.2 Å². The first-order chi connectivity index (χ1) is 7.65. The first kappa shape index (κ1) is 12.9. The Bertz CT molecular complexity index is 346. The van der Waals surface area contributed by atoms with Crippen LogP contribution >= 0.6 is 11.3 Å². The molecule has 4 heteroatoms. The van der Waals surface area contributed by atoms with Gasteiger partial charge in [-0.2, -0.15) is 0 Å². The molecule has 0 aliphatic heterocycles. The second-order valence-corrected chi connectivity index (χ2v) is 4.52. The van der Waals surface area contributed by atoms with Crippen molar-refractivity contribution >= 4 is 17.3 Å². The summed E-state index contributed by atoms with van der Waals surface area (Å²) in [7, 11) is 0. The van der Waals surface area contributed by atoms with Gasteiger partial charge in [-0.05, 0) is 25.3 Å². The van der Waals surface area contributed by atoms with E-state index < -0.39 is 6.04 Å². The zero-order chi connectivity index (χ0) is 12.0. The SMILES string of the molecule is C=C(C)C(NCc1cccs1)C(=O)OCC. The van der Waals surface area contributed by atoms with E-state index in [0.717, 1.165) is 5.57 Å². The van der Waals surface area contributed by atoms with E-state index in [1.807, 2.05) is 24.4 Å². The molecule has 0 amide bonds. The molecule has 1 unspecified atom stereocenters. The summed E-state index contributed by atoms with van der Waals surface area (Å²) in [5.41, 5.74) is 0.773. The fourth-order valence-corrected chi connectivity index (χ4v) is 1.96. The van der Waals surface area contributed by atoms with Gasteiger partial charge in [0.15, 0.2) is 0 Å². The van der Waals surface area contributed by atoms with Crippen molar-refractivity contribution in [3.63, 3.8) is 0 Å². The number of esters is 1. The number of thiophene rings is 1. The van der Waals surface area contributed by atoms with Crippen molar-refractivity contribution in [2.24, 2.45) is 0 Å². The van der Waals surface area contributed by atoms with E-state index >= 15 is 0 Å². The maximum atomic E-state index is 11.6. The molecular formula is C12H17NO2S. The number of hydrogen-bond acceptors (Lipinski definition) is 4. The Labute approximate surface area is 100 Å². The Morgan fingerprint density at radius 1 is 1.69 bits per heavy atom. The summed E-state index contributed by atoms with van der Waals surface area (Å²) in [6, 6.07) is 3.60. The standard InChI is InChI=1S/C12H17NO2S/c1-4-15-12(14)11(9(2)3)13-8-10-6-5-7-16-10/h5-7,11,13H,2,4,8H2,1,3H3. The highest BCUT2D eigenvalue weighted by molar-refractivity contribution is 7.09. The Hall–Kier alpha value is -1.13. The summed E-state index contributed by atoms with van der Waals surface area (Å²) in [6.45, 7) is 8.47. The normalized spacial score (nSPS) is 12.1. The fourth-order valence-electron chi connectivity index (χ4n) is 1.30. The van der Waals surface area contributed by atoms with Gasteiger partial charge in [-0.3, -0.25) is 5.32 Å². The van der Waals surface area contributed by atoms with Crippen LogP contribution in [0.2, 0.25) is 0 Å². The Kier molecular flexibility index (Phi) is 5.22. The smallest absolute Gasteiger partial charge is 0.327 e. The molecular weight excluding hydrogens is 222 g/mol. The van der Waals surface area contributed by atoms with Crippen LogP contribution in [0.25, 0.3) is 0 Å².